The summed E-state index contributed by atoms with van der Waals surface area (Å²) in [6.07, 6.45) is 2.68. The highest BCUT2D eigenvalue weighted by atomic mass is 16.5. The first-order valence-electron chi connectivity index (χ1n) is 2.62. The second kappa shape index (κ2) is 6.47. The molecule has 0 aromatic carbocycles. The van der Waals surface area contributed by atoms with Gasteiger partial charge in [0.05, 0.1) is 0 Å². The molecule has 0 aromatic heterocycles. The van der Waals surface area contributed by atoms with E-state index in [2.05, 4.69) is 11.7 Å². The van der Waals surface area contributed by atoms with Crippen molar-refractivity contribution in [1.29, 1.82) is 0 Å². The monoisotopic (exact) mass is 114 g/mol. The van der Waals surface area contributed by atoms with Crippen molar-refractivity contribution < 1.29 is 9.53 Å². The van der Waals surface area contributed by atoms with Crippen molar-refractivity contribution in [2.24, 2.45) is 0 Å². The molecule has 0 rings (SSSR count). The summed E-state index contributed by atoms with van der Waals surface area (Å²) in [5.41, 5.74) is 0. The zero-order chi connectivity index (χ0) is 6.24. The van der Waals surface area contributed by atoms with Crippen LogP contribution in [0, 0.1) is 13.5 Å². The molecule has 0 aliphatic rings. The van der Waals surface area contributed by atoms with Crippen LogP contribution in [0.15, 0.2) is 0 Å². The van der Waals surface area contributed by atoms with E-state index in [9.17, 15) is 4.79 Å². The Kier molecular flexibility index (Phi) is 6.04. The van der Waals surface area contributed by atoms with Crippen LogP contribution >= 0.6 is 0 Å². The number of carbonyl (C=O) groups is 1. The molecule has 0 amide bonds. The third kappa shape index (κ3) is 5.47. The number of ether oxygens (including phenoxy) is 1. The summed E-state index contributed by atoms with van der Waals surface area (Å²) in [6, 6.07) is 0. The summed E-state index contributed by atoms with van der Waals surface area (Å²) >= 11 is 0. The average Bonchev–Trinajstić information content (AvgIpc) is 1.81. The summed E-state index contributed by atoms with van der Waals surface area (Å²) in [5.74, 6) is 0. The lowest BCUT2D eigenvalue weighted by Gasteiger charge is -1.92. The first kappa shape index (κ1) is 7.47. The van der Waals surface area contributed by atoms with Crippen LogP contribution in [0.1, 0.15) is 19.3 Å². The SMILES string of the molecule is [CH2]CCC[CH]OC=O. The number of carbonyl (C=O) groups excluding carboxylic acids is 1. The summed E-state index contributed by atoms with van der Waals surface area (Å²) in [7, 11) is 0. The Labute approximate surface area is 49.8 Å². The molecular formula is C6H10O2. The molecule has 0 aliphatic heterocycles. The van der Waals surface area contributed by atoms with Crippen molar-refractivity contribution in [3.63, 3.8) is 0 Å². The Morgan fingerprint density at radius 2 is 2.38 bits per heavy atom. The van der Waals surface area contributed by atoms with Gasteiger partial charge in [-0.15, -0.1) is 0 Å². The molecule has 0 saturated heterocycles. The van der Waals surface area contributed by atoms with Crippen molar-refractivity contribution >= 4 is 6.47 Å². The largest absolute Gasteiger partial charge is 0.461 e. The second-order valence-electron chi connectivity index (χ2n) is 1.39. The van der Waals surface area contributed by atoms with Crippen LogP contribution in [0.3, 0.4) is 0 Å². The summed E-state index contributed by atoms with van der Waals surface area (Å²) in [6.45, 7) is 5.52. The van der Waals surface area contributed by atoms with E-state index in [1.165, 1.54) is 6.61 Å². The minimum Gasteiger partial charge on any atom is -0.461 e. The fourth-order valence-corrected chi connectivity index (χ4v) is 0.335. The van der Waals surface area contributed by atoms with E-state index in [0.717, 1.165) is 19.3 Å². The Bertz CT molecular complexity index is 52.5. The van der Waals surface area contributed by atoms with Crippen molar-refractivity contribution in [1.82, 2.24) is 0 Å². The number of hydrogen-bond acceptors (Lipinski definition) is 2. The maximum atomic E-state index is 9.50. The maximum Gasteiger partial charge on any atom is 0.293 e. The molecule has 0 N–H and O–H groups in total. The van der Waals surface area contributed by atoms with Crippen molar-refractivity contribution in [2.75, 3.05) is 0 Å². The lowest BCUT2D eigenvalue weighted by atomic mass is 10.3. The molecule has 0 aromatic rings. The van der Waals surface area contributed by atoms with Gasteiger partial charge in [-0.25, -0.2) is 0 Å². The number of unbranched alkanes of at least 4 members (excludes halogenated alkanes) is 2. The van der Waals surface area contributed by atoms with E-state index in [0.29, 0.717) is 6.47 Å². The van der Waals surface area contributed by atoms with E-state index in [-0.39, 0.29) is 0 Å². The predicted octanol–water partition coefficient (Wildman–Crippen LogP) is 1.33. The summed E-state index contributed by atoms with van der Waals surface area (Å²) in [4.78, 5) is 9.50. The number of hydrogen-bond donors (Lipinski definition) is 0. The fraction of sp³-hybridized carbons (Fsp3) is 0.500. The van der Waals surface area contributed by atoms with Crippen molar-refractivity contribution in [3.8, 4) is 0 Å². The molecule has 46 valence electrons. The van der Waals surface area contributed by atoms with Gasteiger partial charge in [0.1, 0.15) is 6.61 Å². The first-order chi connectivity index (χ1) is 3.91. The molecule has 0 unspecified atom stereocenters. The zero-order valence-corrected chi connectivity index (χ0v) is 4.80. The molecule has 0 atom stereocenters. The van der Waals surface area contributed by atoms with E-state index < -0.39 is 0 Å². The predicted molar refractivity (Wildman–Crippen MR) is 30.7 cm³/mol. The van der Waals surface area contributed by atoms with E-state index in [1.807, 2.05) is 0 Å². The molecule has 0 fully saturated rings. The molecule has 0 saturated carbocycles. The molecule has 0 bridgehead atoms. The molecule has 2 heteroatoms. The Balaban J connectivity index is 2.62. The summed E-state index contributed by atoms with van der Waals surface area (Å²) in [5, 5.41) is 0. The van der Waals surface area contributed by atoms with Crippen LogP contribution in [-0.4, -0.2) is 6.47 Å². The standard InChI is InChI=1S/C6H10O2/c1-2-3-4-5-8-6-7/h5-6H,1-4H2. The molecule has 0 heterocycles. The Hall–Kier alpha value is -0.530. The van der Waals surface area contributed by atoms with Gasteiger partial charge < -0.3 is 4.74 Å². The molecule has 0 spiro atoms. The van der Waals surface area contributed by atoms with Crippen LogP contribution in [0.4, 0.5) is 0 Å². The minimum atomic E-state index is 0.420. The maximum absolute atomic E-state index is 9.50. The molecule has 2 nitrogen and oxygen atoms in total. The van der Waals surface area contributed by atoms with E-state index in [4.69, 9.17) is 0 Å². The third-order valence-electron chi connectivity index (χ3n) is 0.724. The Morgan fingerprint density at radius 3 is 2.88 bits per heavy atom. The topological polar surface area (TPSA) is 26.3 Å². The zero-order valence-electron chi connectivity index (χ0n) is 4.80. The lowest BCUT2D eigenvalue weighted by Crippen LogP contribution is -1.82. The van der Waals surface area contributed by atoms with Gasteiger partial charge in [-0.05, 0) is 12.8 Å². The van der Waals surface area contributed by atoms with E-state index >= 15 is 0 Å². The van der Waals surface area contributed by atoms with Crippen LogP contribution in [0.2, 0.25) is 0 Å². The average molecular weight is 114 g/mol. The van der Waals surface area contributed by atoms with Gasteiger partial charge in [-0.1, -0.05) is 13.3 Å². The van der Waals surface area contributed by atoms with Gasteiger partial charge in [0.25, 0.3) is 6.47 Å². The first-order valence-corrected chi connectivity index (χ1v) is 2.62. The highest BCUT2D eigenvalue weighted by Crippen LogP contribution is 1.95. The van der Waals surface area contributed by atoms with Crippen LogP contribution < -0.4 is 0 Å². The molecule has 0 aliphatic carbocycles. The van der Waals surface area contributed by atoms with Gasteiger partial charge in [-0.3, -0.25) is 4.79 Å². The normalized spacial score (nSPS) is 8.62. The van der Waals surface area contributed by atoms with Gasteiger partial charge in [0.15, 0.2) is 0 Å². The fourth-order valence-electron chi connectivity index (χ4n) is 0.335. The van der Waals surface area contributed by atoms with Crippen molar-refractivity contribution in [2.45, 2.75) is 19.3 Å². The summed E-state index contributed by atoms with van der Waals surface area (Å²) < 4.78 is 4.30. The molecule has 8 heavy (non-hydrogen) atoms. The number of rotatable bonds is 5. The Morgan fingerprint density at radius 1 is 1.62 bits per heavy atom. The smallest absolute Gasteiger partial charge is 0.293 e. The van der Waals surface area contributed by atoms with Crippen LogP contribution in [0.25, 0.3) is 0 Å². The molecule has 2 radical (unpaired) electrons. The molecular weight excluding hydrogens is 104 g/mol. The van der Waals surface area contributed by atoms with Gasteiger partial charge >= 0.3 is 0 Å². The van der Waals surface area contributed by atoms with Gasteiger partial charge in [-0.2, -0.15) is 0 Å². The van der Waals surface area contributed by atoms with Gasteiger partial charge in [0, 0.05) is 0 Å². The minimum absolute atomic E-state index is 0.420. The van der Waals surface area contributed by atoms with Crippen molar-refractivity contribution in [3.05, 3.63) is 13.5 Å². The quantitative estimate of drug-likeness (QED) is 0.398. The highest BCUT2D eigenvalue weighted by Gasteiger charge is 1.83. The van der Waals surface area contributed by atoms with Gasteiger partial charge in [0.2, 0.25) is 0 Å². The second-order valence-corrected chi connectivity index (χ2v) is 1.39. The third-order valence-corrected chi connectivity index (χ3v) is 0.724. The van der Waals surface area contributed by atoms with Crippen LogP contribution in [-0.2, 0) is 9.53 Å². The van der Waals surface area contributed by atoms with Crippen LogP contribution in [0.5, 0.6) is 0 Å². The lowest BCUT2D eigenvalue weighted by molar-refractivity contribution is -0.125. The van der Waals surface area contributed by atoms with E-state index in [1.54, 1.807) is 0 Å². The highest BCUT2D eigenvalue weighted by molar-refractivity contribution is 5.37.